The number of hydrogen-bond acceptors (Lipinski definition) is 4. The number of benzene rings is 2. The summed E-state index contributed by atoms with van der Waals surface area (Å²) in [5.74, 6) is -1.90. The lowest BCUT2D eigenvalue weighted by molar-refractivity contribution is 0.573. The molecule has 0 bridgehead atoms. The van der Waals surface area contributed by atoms with Crippen LogP contribution in [0.5, 0.6) is 0 Å². The average Bonchev–Trinajstić information content (AvgIpc) is 2.63. The molecule has 0 aliphatic heterocycles. The minimum atomic E-state index is -3.56. The van der Waals surface area contributed by atoms with Crippen LogP contribution in [0.4, 0.5) is 0 Å². The maximum absolute atomic E-state index is 12.5. The second-order valence-corrected chi connectivity index (χ2v) is 9.42. The lowest BCUT2D eigenvalue weighted by Crippen LogP contribution is -2.24. The first-order chi connectivity index (χ1) is 12.8. The predicted molar refractivity (Wildman–Crippen MR) is 107 cm³/mol. The van der Waals surface area contributed by atoms with E-state index < -0.39 is 21.7 Å². The van der Waals surface area contributed by atoms with E-state index in [1.54, 1.807) is 48.5 Å². The van der Waals surface area contributed by atoms with E-state index >= 15 is 0 Å². The SMILES string of the molecule is N#CC(Cc1ccc(Cl)cc1)CS(=O)(=O)CC(C#N)Cc1ccc(Cl)cc1. The van der Waals surface area contributed by atoms with Crippen molar-refractivity contribution in [3.8, 4) is 12.1 Å². The molecule has 2 atom stereocenters. The van der Waals surface area contributed by atoms with Crippen molar-refractivity contribution in [1.82, 2.24) is 0 Å². The quantitative estimate of drug-likeness (QED) is 0.630. The smallest absolute Gasteiger partial charge is 0.152 e. The van der Waals surface area contributed by atoms with Gasteiger partial charge in [-0.25, -0.2) is 8.42 Å². The number of rotatable bonds is 8. The Labute approximate surface area is 169 Å². The van der Waals surface area contributed by atoms with E-state index in [0.717, 1.165) is 11.1 Å². The van der Waals surface area contributed by atoms with Crippen LogP contribution >= 0.6 is 23.2 Å². The summed E-state index contributed by atoms with van der Waals surface area (Å²) >= 11 is 11.7. The van der Waals surface area contributed by atoms with Gasteiger partial charge in [-0.3, -0.25) is 0 Å². The highest BCUT2D eigenvalue weighted by atomic mass is 35.5. The van der Waals surface area contributed by atoms with Crippen molar-refractivity contribution in [3.05, 3.63) is 69.7 Å². The molecule has 0 fully saturated rings. The highest BCUT2D eigenvalue weighted by Gasteiger charge is 2.24. The number of halogens is 2. The molecule has 0 aliphatic carbocycles. The Morgan fingerprint density at radius 3 is 1.37 bits per heavy atom. The molecule has 0 amide bonds. The van der Waals surface area contributed by atoms with Gasteiger partial charge in [-0.1, -0.05) is 47.5 Å². The van der Waals surface area contributed by atoms with Crippen molar-refractivity contribution < 1.29 is 8.42 Å². The Kier molecular flexibility index (Phi) is 7.68. The first-order valence-corrected chi connectivity index (χ1v) is 10.9. The van der Waals surface area contributed by atoms with E-state index in [1.807, 2.05) is 0 Å². The topological polar surface area (TPSA) is 81.7 Å². The Morgan fingerprint density at radius 1 is 0.741 bits per heavy atom. The third-order valence-electron chi connectivity index (χ3n) is 4.07. The fraction of sp³-hybridized carbons (Fsp3) is 0.300. The van der Waals surface area contributed by atoms with Gasteiger partial charge in [-0.2, -0.15) is 10.5 Å². The molecule has 0 radical (unpaired) electrons. The molecule has 0 aromatic heterocycles. The molecule has 7 heteroatoms. The minimum absolute atomic E-state index is 0.273. The van der Waals surface area contributed by atoms with E-state index in [0.29, 0.717) is 22.9 Å². The summed E-state index contributed by atoms with van der Waals surface area (Å²) in [6.07, 6.45) is 0.641. The van der Waals surface area contributed by atoms with Crippen LogP contribution in [-0.4, -0.2) is 19.9 Å². The number of sulfone groups is 1. The summed E-state index contributed by atoms with van der Waals surface area (Å²) in [6, 6.07) is 18.0. The second-order valence-electron chi connectivity index (χ2n) is 6.39. The Balaban J connectivity index is 2.00. The number of nitrogens with zero attached hydrogens (tertiary/aromatic N) is 2. The van der Waals surface area contributed by atoms with Crippen LogP contribution in [0.1, 0.15) is 11.1 Å². The molecule has 2 rings (SSSR count). The highest BCUT2D eigenvalue weighted by Crippen LogP contribution is 2.18. The summed E-state index contributed by atoms with van der Waals surface area (Å²) in [5, 5.41) is 19.8. The van der Waals surface area contributed by atoms with Gasteiger partial charge in [0.25, 0.3) is 0 Å². The fourth-order valence-corrected chi connectivity index (χ4v) is 4.77. The van der Waals surface area contributed by atoms with Gasteiger partial charge in [0, 0.05) is 10.0 Å². The van der Waals surface area contributed by atoms with Crippen LogP contribution < -0.4 is 0 Å². The highest BCUT2D eigenvalue weighted by molar-refractivity contribution is 7.91. The van der Waals surface area contributed by atoms with Gasteiger partial charge in [0.1, 0.15) is 0 Å². The van der Waals surface area contributed by atoms with Crippen LogP contribution in [0.25, 0.3) is 0 Å². The molecule has 0 saturated carbocycles. The van der Waals surface area contributed by atoms with Crippen molar-refractivity contribution in [3.63, 3.8) is 0 Å². The maximum atomic E-state index is 12.5. The van der Waals surface area contributed by atoms with E-state index in [2.05, 4.69) is 12.1 Å². The standard InChI is InChI=1S/C20H18Cl2N2O2S/c21-19-5-1-15(2-6-19)9-17(11-23)13-27(25,26)14-18(12-24)10-16-3-7-20(22)8-4-16/h1-8,17-18H,9-10,13-14H2. The number of hydrogen-bond donors (Lipinski definition) is 0. The fourth-order valence-electron chi connectivity index (χ4n) is 2.77. The average molecular weight is 421 g/mol. The van der Waals surface area contributed by atoms with Crippen molar-refractivity contribution in [2.45, 2.75) is 12.8 Å². The third kappa shape index (κ3) is 7.23. The zero-order valence-corrected chi connectivity index (χ0v) is 16.8. The molecule has 2 aromatic rings. The van der Waals surface area contributed by atoms with Gasteiger partial charge in [-0.05, 0) is 48.2 Å². The summed E-state index contributed by atoms with van der Waals surface area (Å²) in [4.78, 5) is 0. The normalized spacial score (nSPS) is 13.3. The molecule has 0 N–H and O–H groups in total. The summed E-state index contributed by atoms with van der Waals surface area (Å²) in [7, 11) is -3.56. The van der Waals surface area contributed by atoms with Crippen molar-refractivity contribution in [1.29, 1.82) is 10.5 Å². The van der Waals surface area contributed by atoms with Crippen LogP contribution in [0.3, 0.4) is 0 Å². The Hall–Kier alpha value is -2.05. The molecule has 0 saturated heterocycles. The van der Waals surface area contributed by atoms with Crippen LogP contribution in [0.2, 0.25) is 10.0 Å². The molecule has 0 aliphatic rings. The Bertz CT molecular complexity index is 870. The zero-order chi connectivity index (χ0) is 19.9. The van der Waals surface area contributed by atoms with Gasteiger partial charge in [0.15, 0.2) is 9.84 Å². The number of nitriles is 2. The van der Waals surface area contributed by atoms with Crippen molar-refractivity contribution in [2.24, 2.45) is 11.8 Å². The monoisotopic (exact) mass is 420 g/mol. The first-order valence-electron chi connectivity index (χ1n) is 8.30. The van der Waals surface area contributed by atoms with Crippen LogP contribution in [-0.2, 0) is 22.7 Å². The lowest BCUT2D eigenvalue weighted by Gasteiger charge is -2.13. The molecule has 27 heavy (non-hydrogen) atoms. The molecule has 0 spiro atoms. The molecular weight excluding hydrogens is 403 g/mol. The maximum Gasteiger partial charge on any atom is 0.152 e. The van der Waals surface area contributed by atoms with Crippen molar-refractivity contribution in [2.75, 3.05) is 11.5 Å². The molecular formula is C20H18Cl2N2O2S. The van der Waals surface area contributed by atoms with Gasteiger partial charge < -0.3 is 0 Å². The molecule has 4 nitrogen and oxygen atoms in total. The summed E-state index contributed by atoms with van der Waals surface area (Å²) in [6.45, 7) is 0. The van der Waals surface area contributed by atoms with Gasteiger partial charge in [-0.15, -0.1) is 0 Å². The molecule has 0 heterocycles. The van der Waals surface area contributed by atoms with Gasteiger partial charge in [0.2, 0.25) is 0 Å². The lowest BCUT2D eigenvalue weighted by atomic mass is 10.0. The summed E-state index contributed by atoms with van der Waals surface area (Å²) in [5.41, 5.74) is 1.69. The minimum Gasteiger partial charge on any atom is -0.229 e. The van der Waals surface area contributed by atoms with Gasteiger partial charge in [0.05, 0.1) is 35.5 Å². The zero-order valence-electron chi connectivity index (χ0n) is 14.5. The van der Waals surface area contributed by atoms with E-state index in [1.165, 1.54) is 0 Å². The Morgan fingerprint density at radius 2 is 1.07 bits per heavy atom. The summed E-state index contributed by atoms with van der Waals surface area (Å²) < 4.78 is 25.0. The van der Waals surface area contributed by atoms with E-state index in [-0.39, 0.29) is 11.5 Å². The van der Waals surface area contributed by atoms with E-state index in [4.69, 9.17) is 23.2 Å². The third-order valence-corrected chi connectivity index (χ3v) is 6.39. The largest absolute Gasteiger partial charge is 0.229 e. The first kappa shape index (κ1) is 21.3. The predicted octanol–water partition coefficient (Wildman–Crippen LogP) is 4.47. The second kappa shape index (κ2) is 9.76. The molecule has 2 aromatic carbocycles. The van der Waals surface area contributed by atoms with Crippen molar-refractivity contribution >= 4 is 33.0 Å². The molecule has 2 unspecified atom stereocenters. The van der Waals surface area contributed by atoms with Crippen LogP contribution in [0.15, 0.2) is 48.5 Å². The van der Waals surface area contributed by atoms with E-state index in [9.17, 15) is 18.9 Å². The molecule has 140 valence electrons. The van der Waals surface area contributed by atoms with Crippen LogP contribution in [0, 0.1) is 34.5 Å². The van der Waals surface area contributed by atoms with Gasteiger partial charge >= 0.3 is 0 Å².